The Morgan fingerprint density at radius 1 is 0.676 bits per heavy atom. The fourth-order valence-corrected chi connectivity index (χ4v) is 5.96. The molecule has 2 atom stereocenters. The largest absolute Gasteiger partial charge is 0.468 e. The Morgan fingerprint density at radius 2 is 1.08 bits per heavy atom. The number of amides is 2. The van der Waals surface area contributed by atoms with Crippen molar-refractivity contribution in [2.75, 3.05) is 14.2 Å². The highest BCUT2D eigenvalue weighted by molar-refractivity contribution is 7.56. The molecule has 3 aromatic carbocycles. The molecular weight excluding hydrogens is 501 g/mol. The van der Waals surface area contributed by atoms with E-state index in [9.17, 15) is 23.7 Å². The molecule has 0 radical (unpaired) electrons. The van der Waals surface area contributed by atoms with Gasteiger partial charge in [-0.15, -0.1) is 0 Å². The quantitative estimate of drug-likeness (QED) is 0.234. The Morgan fingerprint density at radius 3 is 1.49 bits per heavy atom. The van der Waals surface area contributed by atoms with Gasteiger partial charge in [-0.1, -0.05) is 48.5 Å². The monoisotopic (exact) mass is 523 g/mol. The van der Waals surface area contributed by atoms with Crippen LogP contribution in [0.15, 0.2) is 84.9 Å². The van der Waals surface area contributed by atoms with Gasteiger partial charge in [-0.3, -0.25) is 19.3 Å². The molecule has 0 spiro atoms. The van der Waals surface area contributed by atoms with Crippen LogP contribution in [-0.2, 0) is 23.6 Å². The second-order valence-electron chi connectivity index (χ2n) is 7.81. The summed E-state index contributed by atoms with van der Waals surface area (Å²) in [6.45, 7) is 0. The molecule has 11 heteroatoms. The smallest absolute Gasteiger partial charge is 0.447 e. The average Bonchev–Trinajstić information content (AvgIpc) is 3.17. The number of methoxy groups -OCH3 is 2. The van der Waals surface area contributed by atoms with Gasteiger partial charge in [0.25, 0.3) is 11.8 Å². The predicted octanol–water partition coefficient (Wildman–Crippen LogP) is 3.72. The summed E-state index contributed by atoms with van der Waals surface area (Å²) in [7, 11) is -2.79. The van der Waals surface area contributed by atoms with Crippen LogP contribution in [-0.4, -0.2) is 54.6 Å². The number of fused-ring (bicyclic) bond motifs is 1. The number of hydrogen-bond acceptors (Lipinski definition) is 9. The van der Waals surface area contributed by atoms with Gasteiger partial charge < -0.3 is 18.5 Å². The van der Waals surface area contributed by atoms with Crippen molar-refractivity contribution in [3.05, 3.63) is 96.1 Å². The first-order valence-electron chi connectivity index (χ1n) is 11.0. The highest BCUT2D eigenvalue weighted by Gasteiger charge is 2.59. The number of carbonyl (C=O) groups excluding carboxylic acids is 4. The van der Waals surface area contributed by atoms with Crippen LogP contribution >= 0.6 is 7.60 Å². The lowest BCUT2D eigenvalue weighted by atomic mass is 10.1. The maximum Gasteiger partial charge on any atom is 0.447 e. The number of hydrogen-bond donors (Lipinski definition) is 0. The summed E-state index contributed by atoms with van der Waals surface area (Å²) in [6.07, 6.45) is 0. The van der Waals surface area contributed by atoms with Gasteiger partial charge in [0.15, 0.2) is 6.04 Å². The maximum absolute atomic E-state index is 14.6. The van der Waals surface area contributed by atoms with E-state index < -0.39 is 43.0 Å². The second kappa shape index (κ2) is 10.7. The molecule has 37 heavy (non-hydrogen) atoms. The SMILES string of the molecule is COC(=O)C(C(C(=O)OC)P(=O)(Oc1ccccc1)Oc1ccccc1)N1C(=O)c2ccccc2C1=O. The standard InChI is InChI=1S/C26H22NO9P/c1-33-25(30)21(27-23(28)19-15-9-10-16-20(19)24(27)29)22(26(31)34-2)37(32,35-17-11-5-3-6-12-17)36-18-13-7-4-8-14-18/h3-16,21-22H,1-2H3. The number of benzene rings is 3. The van der Waals surface area contributed by atoms with Gasteiger partial charge in [-0.2, -0.15) is 0 Å². The van der Waals surface area contributed by atoms with Gasteiger partial charge in [0.05, 0.1) is 25.3 Å². The summed E-state index contributed by atoms with van der Waals surface area (Å²) in [5.41, 5.74) is -2.09. The van der Waals surface area contributed by atoms with E-state index in [4.69, 9.17) is 18.5 Å². The molecule has 10 nitrogen and oxygen atoms in total. The van der Waals surface area contributed by atoms with Crippen LogP contribution in [0.1, 0.15) is 20.7 Å². The molecule has 0 N–H and O–H groups in total. The summed E-state index contributed by atoms with van der Waals surface area (Å²) in [5, 5.41) is 0. The summed E-state index contributed by atoms with van der Waals surface area (Å²) in [6, 6.07) is 19.4. The number of ether oxygens (including phenoxy) is 2. The summed E-state index contributed by atoms with van der Waals surface area (Å²) in [5.74, 6) is -4.09. The van der Waals surface area contributed by atoms with Crippen molar-refractivity contribution in [2.24, 2.45) is 0 Å². The molecule has 0 bridgehead atoms. The highest BCUT2D eigenvalue weighted by Crippen LogP contribution is 2.55. The topological polar surface area (TPSA) is 126 Å². The van der Waals surface area contributed by atoms with E-state index in [2.05, 4.69) is 0 Å². The summed E-state index contributed by atoms with van der Waals surface area (Å²) >= 11 is 0. The van der Waals surface area contributed by atoms with E-state index >= 15 is 0 Å². The Kier molecular flexibility index (Phi) is 7.40. The van der Waals surface area contributed by atoms with Crippen molar-refractivity contribution in [3.8, 4) is 11.5 Å². The van der Waals surface area contributed by atoms with Crippen LogP contribution in [0.3, 0.4) is 0 Å². The number of esters is 2. The number of imide groups is 1. The molecular formula is C26H22NO9P. The summed E-state index contributed by atoms with van der Waals surface area (Å²) < 4.78 is 35.8. The van der Waals surface area contributed by atoms with E-state index in [1.54, 1.807) is 48.5 Å². The van der Waals surface area contributed by atoms with Crippen molar-refractivity contribution >= 4 is 31.3 Å². The average molecular weight is 523 g/mol. The second-order valence-corrected chi connectivity index (χ2v) is 9.81. The molecule has 0 aromatic heterocycles. The Labute approximate surface area is 212 Å². The van der Waals surface area contributed by atoms with E-state index in [0.29, 0.717) is 4.90 Å². The zero-order valence-electron chi connectivity index (χ0n) is 19.8. The fraction of sp³-hybridized carbons (Fsp3) is 0.154. The van der Waals surface area contributed by atoms with Crippen LogP contribution in [0, 0.1) is 0 Å². The first-order chi connectivity index (χ1) is 17.8. The molecule has 0 saturated heterocycles. The minimum atomic E-state index is -4.79. The van der Waals surface area contributed by atoms with Gasteiger partial charge in [0, 0.05) is 0 Å². The Bertz CT molecular complexity index is 1300. The van der Waals surface area contributed by atoms with Gasteiger partial charge in [0.2, 0.25) is 5.66 Å². The number of para-hydroxylation sites is 2. The van der Waals surface area contributed by atoms with Crippen LogP contribution < -0.4 is 9.05 Å². The van der Waals surface area contributed by atoms with Crippen LogP contribution in [0.5, 0.6) is 11.5 Å². The number of rotatable bonds is 9. The lowest BCUT2D eigenvalue weighted by molar-refractivity contribution is -0.151. The molecule has 2 unspecified atom stereocenters. The third-order valence-electron chi connectivity index (χ3n) is 5.58. The fourth-order valence-electron chi connectivity index (χ4n) is 3.90. The predicted molar refractivity (Wildman–Crippen MR) is 130 cm³/mol. The molecule has 0 saturated carbocycles. The lowest BCUT2D eigenvalue weighted by Gasteiger charge is -2.33. The van der Waals surface area contributed by atoms with E-state index in [0.717, 1.165) is 14.2 Å². The zero-order chi connectivity index (χ0) is 26.6. The van der Waals surface area contributed by atoms with E-state index in [-0.39, 0.29) is 22.6 Å². The first-order valence-corrected chi connectivity index (χ1v) is 12.6. The van der Waals surface area contributed by atoms with Crippen molar-refractivity contribution < 1.29 is 42.3 Å². The van der Waals surface area contributed by atoms with E-state index in [1.807, 2.05) is 0 Å². The molecule has 1 aliphatic heterocycles. The van der Waals surface area contributed by atoms with Crippen LogP contribution in [0.25, 0.3) is 0 Å². The highest BCUT2D eigenvalue weighted by atomic mass is 31.2. The van der Waals surface area contributed by atoms with Crippen molar-refractivity contribution in [1.29, 1.82) is 0 Å². The summed E-state index contributed by atoms with van der Waals surface area (Å²) in [4.78, 5) is 53.5. The number of carbonyl (C=O) groups is 4. The van der Waals surface area contributed by atoms with Crippen molar-refractivity contribution in [2.45, 2.75) is 11.7 Å². The van der Waals surface area contributed by atoms with Crippen molar-refractivity contribution in [3.63, 3.8) is 0 Å². The van der Waals surface area contributed by atoms with Gasteiger partial charge >= 0.3 is 19.5 Å². The van der Waals surface area contributed by atoms with Gasteiger partial charge in [-0.25, -0.2) is 9.36 Å². The molecule has 4 rings (SSSR count). The van der Waals surface area contributed by atoms with E-state index in [1.165, 1.54) is 36.4 Å². The minimum absolute atomic E-state index is 0.00723. The Balaban J connectivity index is 1.89. The van der Waals surface area contributed by atoms with Crippen molar-refractivity contribution in [1.82, 2.24) is 4.90 Å². The molecule has 0 fully saturated rings. The first kappa shape index (κ1) is 25.7. The molecule has 2 amide bonds. The minimum Gasteiger partial charge on any atom is -0.468 e. The van der Waals surface area contributed by atoms with Gasteiger partial charge in [-0.05, 0) is 36.4 Å². The maximum atomic E-state index is 14.6. The molecule has 190 valence electrons. The van der Waals surface area contributed by atoms with Crippen LogP contribution in [0.4, 0.5) is 0 Å². The third kappa shape index (κ3) is 4.96. The molecule has 1 heterocycles. The normalized spacial score (nSPS) is 14.4. The molecule has 0 aliphatic carbocycles. The molecule has 1 aliphatic rings. The third-order valence-corrected chi connectivity index (χ3v) is 7.69. The zero-order valence-corrected chi connectivity index (χ0v) is 20.7. The Hall–Kier alpha value is -4.43. The molecule has 3 aromatic rings. The lowest BCUT2D eigenvalue weighted by Crippen LogP contribution is -2.55. The van der Waals surface area contributed by atoms with Crippen LogP contribution in [0.2, 0.25) is 0 Å². The number of nitrogens with zero attached hydrogens (tertiary/aromatic N) is 1. The van der Waals surface area contributed by atoms with Gasteiger partial charge in [0.1, 0.15) is 11.5 Å².